The SMILES string of the molecule is [2H]c1c([2H])c([2H])c(-c2ccc(-c3cnn4c(N(COCC[Si](C)(C)C)COCC[Si](C)(C)C)cc([C@H]5CC[C@H](C(=O)OC(C)(C)C)CC5)nc34)cn2)c([2H])c1[2H]. The third kappa shape index (κ3) is 11.3. The topological polar surface area (TPSA) is 91.1 Å². The van der Waals surface area contributed by atoms with Gasteiger partial charge in [0.1, 0.15) is 24.9 Å². The molecular formula is C40H59N5O4Si2. The van der Waals surface area contributed by atoms with Crippen LogP contribution < -0.4 is 4.90 Å². The lowest BCUT2D eigenvalue weighted by atomic mass is 9.80. The molecule has 0 atom stereocenters. The standard InChI is InChI=1S/C40H59N5O4Si2/c1-40(2,3)49-39(46)32-17-15-31(16-18-32)36-25-37(44(28-47-21-23-50(4,5)6)29-48-22-24-51(7,8)9)45-38(43-36)34(27-42-45)33-19-20-35(41-26-33)30-13-11-10-12-14-30/h10-14,19-20,25-27,31-32H,15-18,21-24,28-29H2,1-9H3/t31-,32-/i10D,11D,12D,13D,14D. The van der Waals surface area contributed by atoms with Gasteiger partial charge in [-0.1, -0.05) is 75.6 Å². The van der Waals surface area contributed by atoms with Crippen LogP contribution in [0.15, 0.2) is 60.8 Å². The number of esters is 1. The molecule has 3 aromatic heterocycles. The highest BCUT2D eigenvalue weighted by atomic mass is 28.3. The summed E-state index contributed by atoms with van der Waals surface area (Å²) in [5.41, 5.74) is 2.75. The predicted molar refractivity (Wildman–Crippen MR) is 213 cm³/mol. The van der Waals surface area contributed by atoms with Crippen molar-refractivity contribution in [2.24, 2.45) is 5.92 Å². The molecule has 0 unspecified atom stereocenters. The van der Waals surface area contributed by atoms with Crippen molar-refractivity contribution in [1.82, 2.24) is 19.6 Å². The van der Waals surface area contributed by atoms with E-state index in [2.05, 4.69) is 55.2 Å². The van der Waals surface area contributed by atoms with Crippen molar-refractivity contribution in [3.8, 4) is 22.4 Å². The van der Waals surface area contributed by atoms with Crippen molar-refractivity contribution >= 4 is 33.6 Å². The fourth-order valence-electron chi connectivity index (χ4n) is 5.97. The molecule has 0 N–H and O–H groups in total. The van der Waals surface area contributed by atoms with Crippen LogP contribution in [0.25, 0.3) is 28.0 Å². The quantitative estimate of drug-likeness (QED) is 0.0517. The van der Waals surface area contributed by atoms with Gasteiger partial charge in [-0.25, -0.2) is 4.98 Å². The Morgan fingerprint density at radius 2 is 1.53 bits per heavy atom. The Balaban J connectivity index is 1.54. The summed E-state index contributed by atoms with van der Waals surface area (Å²) in [6.07, 6.45) is 6.36. The van der Waals surface area contributed by atoms with E-state index in [4.69, 9.17) is 31.1 Å². The van der Waals surface area contributed by atoms with Crippen molar-refractivity contribution in [3.05, 3.63) is 66.5 Å². The third-order valence-corrected chi connectivity index (χ3v) is 12.4. The van der Waals surface area contributed by atoms with Crippen LogP contribution in [0.4, 0.5) is 5.82 Å². The number of hydrogen-bond donors (Lipinski definition) is 0. The zero-order valence-corrected chi connectivity index (χ0v) is 34.0. The Morgan fingerprint density at radius 3 is 2.08 bits per heavy atom. The van der Waals surface area contributed by atoms with Crippen molar-refractivity contribution in [2.75, 3.05) is 31.6 Å². The van der Waals surface area contributed by atoms with Crippen LogP contribution in [0.3, 0.4) is 0 Å². The van der Waals surface area contributed by atoms with Gasteiger partial charge in [0.05, 0.1) is 24.7 Å². The van der Waals surface area contributed by atoms with Crippen LogP contribution in [0, 0.1) is 5.92 Å². The molecule has 0 spiro atoms. The maximum Gasteiger partial charge on any atom is 0.309 e. The number of anilines is 1. The summed E-state index contributed by atoms with van der Waals surface area (Å²) in [7, 11) is -2.64. The summed E-state index contributed by atoms with van der Waals surface area (Å²) in [6.45, 7) is 21.6. The van der Waals surface area contributed by atoms with E-state index in [0.717, 1.165) is 42.0 Å². The molecule has 11 heteroatoms. The number of fused-ring (bicyclic) bond motifs is 1. The predicted octanol–water partition coefficient (Wildman–Crippen LogP) is 9.50. The summed E-state index contributed by atoms with van der Waals surface area (Å²) in [6, 6.07) is 5.78. The third-order valence-electron chi connectivity index (χ3n) is 9.00. The number of ether oxygens (including phenoxy) is 3. The molecular weight excluding hydrogens is 671 g/mol. The molecule has 0 aliphatic heterocycles. The molecule has 9 nitrogen and oxygen atoms in total. The average Bonchev–Trinajstić information content (AvgIpc) is 3.55. The second-order valence-corrected chi connectivity index (χ2v) is 28.3. The number of rotatable bonds is 15. The first-order valence-electron chi connectivity index (χ1n) is 20.7. The normalized spacial score (nSPS) is 18.5. The number of carbonyl (C=O) groups is 1. The minimum Gasteiger partial charge on any atom is -0.460 e. The highest BCUT2D eigenvalue weighted by molar-refractivity contribution is 6.76. The molecule has 1 aliphatic rings. The number of aromatic nitrogens is 4. The molecule has 0 amide bonds. The number of nitrogens with zero attached hydrogens (tertiary/aromatic N) is 5. The van der Waals surface area contributed by atoms with Crippen molar-refractivity contribution in [1.29, 1.82) is 0 Å². The van der Waals surface area contributed by atoms with E-state index in [9.17, 15) is 4.79 Å². The van der Waals surface area contributed by atoms with Crippen molar-refractivity contribution in [3.63, 3.8) is 0 Å². The first-order chi connectivity index (χ1) is 26.1. The summed E-state index contributed by atoms with van der Waals surface area (Å²) in [4.78, 5) is 24.9. The first kappa shape index (κ1) is 32.3. The maximum absolute atomic E-state index is 13.0. The second-order valence-electron chi connectivity index (χ2n) is 17.1. The number of carbonyl (C=O) groups excluding carboxylic acids is 1. The average molecular weight is 735 g/mol. The lowest BCUT2D eigenvalue weighted by Gasteiger charge is -2.31. The van der Waals surface area contributed by atoms with E-state index in [-0.39, 0.29) is 41.1 Å². The Labute approximate surface area is 314 Å². The minimum atomic E-state index is -1.32. The van der Waals surface area contributed by atoms with Crippen LogP contribution in [-0.2, 0) is 19.0 Å². The van der Waals surface area contributed by atoms with Crippen LogP contribution in [-0.4, -0.2) is 74.0 Å². The van der Waals surface area contributed by atoms with Gasteiger partial charge in [-0.3, -0.25) is 9.78 Å². The Morgan fingerprint density at radius 1 is 0.902 bits per heavy atom. The largest absolute Gasteiger partial charge is 0.460 e. The van der Waals surface area contributed by atoms with Crippen molar-refractivity contribution < 1.29 is 25.9 Å². The Kier molecular flexibility index (Phi) is 10.5. The van der Waals surface area contributed by atoms with Gasteiger partial charge in [0, 0.05) is 69.9 Å². The van der Waals surface area contributed by atoms with Gasteiger partial charge in [0.25, 0.3) is 0 Å². The van der Waals surface area contributed by atoms with E-state index in [0.29, 0.717) is 50.7 Å². The number of hydrogen-bond acceptors (Lipinski definition) is 8. The first-order valence-corrected chi connectivity index (χ1v) is 25.6. The van der Waals surface area contributed by atoms with Gasteiger partial charge in [0.15, 0.2) is 5.65 Å². The lowest BCUT2D eigenvalue weighted by Crippen LogP contribution is -2.33. The zero-order valence-electron chi connectivity index (χ0n) is 37.0. The van der Waals surface area contributed by atoms with E-state index >= 15 is 0 Å². The van der Waals surface area contributed by atoms with Crippen LogP contribution in [0.2, 0.25) is 51.4 Å². The lowest BCUT2D eigenvalue weighted by molar-refractivity contribution is -0.161. The summed E-state index contributed by atoms with van der Waals surface area (Å²) >= 11 is 0. The van der Waals surface area contributed by atoms with Gasteiger partial charge in [-0.2, -0.15) is 9.61 Å². The Hall–Kier alpha value is -3.39. The number of pyridine rings is 1. The number of benzene rings is 1. The molecule has 51 heavy (non-hydrogen) atoms. The molecule has 1 fully saturated rings. The van der Waals surface area contributed by atoms with E-state index < -0.39 is 39.9 Å². The molecule has 1 saturated carbocycles. The molecule has 4 aromatic rings. The summed E-state index contributed by atoms with van der Waals surface area (Å²) in [5.74, 6) is 0.597. The van der Waals surface area contributed by atoms with Crippen LogP contribution >= 0.6 is 0 Å². The fraction of sp³-hybridized carbons (Fsp3) is 0.550. The molecule has 3 heterocycles. The van der Waals surface area contributed by atoms with Gasteiger partial charge in [-0.05, 0) is 64.6 Å². The van der Waals surface area contributed by atoms with E-state index in [1.807, 2.05) is 31.4 Å². The summed E-state index contributed by atoms with van der Waals surface area (Å²) < 4.78 is 61.3. The minimum absolute atomic E-state index is 0.0472. The van der Waals surface area contributed by atoms with Crippen molar-refractivity contribution in [2.45, 2.75) is 109 Å². The molecule has 276 valence electrons. The smallest absolute Gasteiger partial charge is 0.309 e. The van der Waals surface area contributed by atoms with Gasteiger partial charge >= 0.3 is 5.97 Å². The maximum atomic E-state index is 13.0. The molecule has 0 bridgehead atoms. The summed E-state index contributed by atoms with van der Waals surface area (Å²) in [5, 5.41) is 4.84. The monoisotopic (exact) mass is 734 g/mol. The highest BCUT2D eigenvalue weighted by Crippen LogP contribution is 2.38. The van der Waals surface area contributed by atoms with Crippen LogP contribution in [0.1, 0.15) is 64.9 Å². The van der Waals surface area contributed by atoms with E-state index in [1.165, 1.54) is 0 Å². The molecule has 5 rings (SSSR count). The molecule has 1 aliphatic carbocycles. The molecule has 1 aromatic carbocycles. The van der Waals surface area contributed by atoms with Gasteiger partial charge in [-0.15, -0.1) is 0 Å². The van der Waals surface area contributed by atoms with Gasteiger partial charge < -0.3 is 19.1 Å². The van der Waals surface area contributed by atoms with Gasteiger partial charge in [0.2, 0.25) is 0 Å². The molecule has 0 radical (unpaired) electrons. The van der Waals surface area contributed by atoms with Crippen LogP contribution in [0.5, 0.6) is 0 Å². The van der Waals surface area contributed by atoms with E-state index in [1.54, 1.807) is 18.5 Å². The molecule has 0 saturated heterocycles. The second kappa shape index (κ2) is 16.5. The zero-order chi connectivity index (χ0) is 41.2. The fourth-order valence-corrected chi connectivity index (χ4v) is 7.48. The highest BCUT2D eigenvalue weighted by Gasteiger charge is 2.32. The Bertz CT molecular complexity index is 1950.